The third kappa shape index (κ3) is 3.08. The minimum absolute atomic E-state index is 0.206. The number of carbonyl (C=O) groups is 1. The van der Waals surface area contributed by atoms with Gasteiger partial charge in [0.2, 0.25) is 0 Å². The van der Waals surface area contributed by atoms with E-state index in [1.807, 2.05) is 0 Å². The Morgan fingerprint density at radius 2 is 2.12 bits per heavy atom. The Bertz CT molecular complexity index is 438. The number of aliphatic carboxylic acids is 1. The molecule has 0 unspecified atom stereocenters. The molecule has 6 heteroatoms. The molecule has 0 aromatic carbocycles. The Morgan fingerprint density at radius 3 is 2.62 bits per heavy atom. The second-order valence-electron chi connectivity index (χ2n) is 3.08. The van der Waals surface area contributed by atoms with Gasteiger partial charge < -0.3 is 5.11 Å². The maximum absolute atomic E-state index is 12.5. The largest absolute Gasteiger partial charge is 0.478 e. The zero-order chi connectivity index (χ0) is 12.3. The molecule has 1 N–H and O–H groups in total. The maximum Gasteiger partial charge on any atom is 0.418 e. The number of pyridine rings is 1. The number of hydrogen-bond donors (Lipinski definition) is 1. The van der Waals surface area contributed by atoms with Crippen LogP contribution in [0, 0.1) is 6.92 Å². The molecular formula is C10H8F3NO2. The number of nitrogens with zero attached hydrogens (tertiary/aromatic N) is 1. The van der Waals surface area contributed by atoms with E-state index in [-0.39, 0.29) is 5.56 Å². The molecule has 86 valence electrons. The van der Waals surface area contributed by atoms with Gasteiger partial charge in [-0.2, -0.15) is 13.2 Å². The smallest absolute Gasteiger partial charge is 0.418 e. The molecule has 1 aromatic rings. The summed E-state index contributed by atoms with van der Waals surface area (Å²) in [5.41, 5.74) is -0.768. The molecule has 0 saturated carbocycles. The quantitative estimate of drug-likeness (QED) is 0.795. The highest BCUT2D eigenvalue weighted by atomic mass is 19.4. The fraction of sp³-hybridized carbons (Fsp3) is 0.200. The van der Waals surface area contributed by atoms with Gasteiger partial charge in [-0.1, -0.05) is 0 Å². The third-order valence-corrected chi connectivity index (χ3v) is 1.78. The van der Waals surface area contributed by atoms with E-state index in [0.717, 1.165) is 6.08 Å². The molecular weight excluding hydrogens is 223 g/mol. The Hall–Kier alpha value is -1.85. The van der Waals surface area contributed by atoms with Crippen LogP contribution in [0.15, 0.2) is 18.3 Å². The molecule has 0 bridgehead atoms. The molecule has 0 atom stereocenters. The van der Waals surface area contributed by atoms with Crippen molar-refractivity contribution in [1.29, 1.82) is 0 Å². The molecule has 0 aliphatic rings. The minimum atomic E-state index is -4.54. The average molecular weight is 231 g/mol. The van der Waals surface area contributed by atoms with E-state index >= 15 is 0 Å². The maximum atomic E-state index is 12.5. The Labute approximate surface area is 89.2 Å². The van der Waals surface area contributed by atoms with Gasteiger partial charge in [0.05, 0.1) is 5.56 Å². The lowest BCUT2D eigenvalue weighted by atomic mass is 10.1. The number of carboxylic acids is 1. The van der Waals surface area contributed by atoms with Crippen LogP contribution < -0.4 is 0 Å². The summed E-state index contributed by atoms with van der Waals surface area (Å²) in [6.07, 6.45) is -2.29. The first-order valence-electron chi connectivity index (χ1n) is 4.25. The van der Waals surface area contributed by atoms with Crippen LogP contribution in [0.4, 0.5) is 13.2 Å². The van der Waals surface area contributed by atoms with Crippen LogP contribution in [0.1, 0.15) is 16.8 Å². The van der Waals surface area contributed by atoms with E-state index < -0.39 is 17.7 Å². The van der Waals surface area contributed by atoms with Gasteiger partial charge in [-0.05, 0) is 24.6 Å². The van der Waals surface area contributed by atoms with Gasteiger partial charge in [0.15, 0.2) is 0 Å². The van der Waals surface area contributed by atoms with Crippen LogP contribution >= 0.6 is 0 Å². The molecule has 0 fully saturated rings. The first-order valence-corrected chi connectivity index (χ1v) is 4.25. The van der Waals surface area contributed by atoms with Crippen molar-refractivity contribution in [2.24, 2.45) is 0 Å². The average Bonchev–Trinajstić information content (AvgIpc) is 2.12. The van der Waals surface area contributed by atoms with Crippen molar-refractivity contribution in [2.75, 3.05) is 0 Å². The lowest BCUT2D eigenvalue weighted by Gasteiger charge is -2.09. The Morgan fingerprint density at radius 1 is 1.50 bits per heavy atom. The number of alkyl halides is 3. The topological polar surface area (TPSA) is 50.2 Å². The normalized spacial score (nSPS) is 12.0. The standard InChI is InChI=1S/C10H8F3NO2/c1-6-4-7(2-3-9(15)16)8(5-14-6)10(11,12)13/h2-5H,1H3,(H,15,16)/b3-2+. The summed E-state index contributed by atoms with van der Waals surface area (Å²) in [4.78, 5) is 13.8. The lowest BCUT2D eigenvalue weighted by Crippen LogP contribution is -2.08. The highest BCUT2D eigenvalue weighted by molar-refractivity contribution is 5.85. The number of hydrogen-bond acceptors (Lipinski definition) is 2. The number of aromatic nitrogens is 1. The summed E-state index contributed by atoms with van der Waals surface area (Å²) >= 11 is 0. The molecule has 0 aliphatic carbocycles. The Balaban J connectivity index is 3.24. The van der Waals surface area contributed by atoms with Gasteiger partial charge in [-0.25, -0.2) is 4.79 Å². The molecule has 3 nitrogen and oxygen atoms in total. The van der Waals surface area contributed by atoms with Crippen molar-refractivity contribution in [3.63, 3.8) is 0 Å². The predicted octanol–water partition coefficient (Wildman–Crippen LogP) is 2.51. The number of aryl methyl sites for hydroxylation is 1. The fourth-order valence-corrected chi connectivity index (χ4v) is 1.12. The molecule has 1 aromatic heterocycles. The summed E-state index contributed by atoms with van der Waals surface area (Å²) in [5, 5.41) is 8.35. The van der Waals surface area contributed by atoms with Crippen molar-refractivity contribution in [2.45, 2.75) is 13.1 Å². The van der Waals surface area contributed by atoms with Crippen molar-refractivity contribution in [1.82, 2.24) is 4.98 Å². The van der Waals surface area contributed by atoms with Gasteiger partial charge in [-0.15, -0.1) is 0 Å². The van der Waals surface area contributed by atoms with Crippen molar-refractivity contribution in [3.05, 3.63) is 35.2 Å². The monoisotopic (exact) mass is 231 g/mol. The molecule has 0 spiro atoms. The first kappa shape index (κ1) is 12.2. The van der Waals surface area contributed by atoms with Crippen molar-refractivity contribution >= 4 is 12.0 Å². The summed E-state index contributed by atoms with van der Waals surface area (Å²) in [6, 6.07) is 1.18. The first-order chi connectivity index (χ1) is 7.30. The molecule has 0 aliphatic heterocycles. The highest BCUT2D eigenvalue weighted by Crippen LogP contribution is 2.32. The van der Waals surface area contributed by atoms with Crippen molar-refractivity contribution < 1.29 is 23.1 Å². The van der Waals surface area contributed by atoms with E-state index in [2.05, 4.69) is 4.98 Å². The van der Waals surface area contributed by atoms with Crippen LogP contribution in [0.25, 0.3) is 6.08 Å². The summed E-state index contributed by atoms with van der Waals surface area (Å²) in [7, 11) is 0. The fourth-order valence-electron chi connectivity index (χ4n) is 1.12. The zero-order valence-electron chi connectivity index (χ0n) is 8.25. The summed E-state index contributed by atoms with van der Waals surface area (Å²) in [5.74, 6) is -1.30. The van der Waals surface area contributed by atoms with Gasteiger partial charge in [0, 0.05) is 18.0 Å². The third-order valence-electron chi connectivity index (χ3n) is 1.78. The van der Waals surface area contributed by atoms with Crippen LogP contribution in [-0.2, 0) is 11.0 Å². The second kappa shape index (κ2) is 4.34. The molecule has 1 heterocycles. The summed E-state index contributed by atoms with van der Waals surface area (Å²) < 4.78 is 37.4. The Kier molecular flexibility index (Phi) is 3.31. The summed E-state index contributed by atoms with van der Waals surface area (Å²) in [6.45, 7) is 1.53. The van der Waals surface area contributed by atoms with Crippen LogP contribution in [-0.4, -0.2) is 16.1 Å². The van der Waals surface area contributed by atoms with Crippen LogP contribution in [0.3, 0.4) is 0 Å². The minimum Gasteiger partial charge on any atom is -0.478 e. The van der Waals surface area contributed by atoms with E-state index in [0.29, 0.717) is 18.0 Å². The molecule has 0 saturated heterocycles. The second-order valence-corrected chi connectivity index (χ2v) is 3.08. The molecule has 0 radical (unpaired) electrons. The van der Waals surface area contributed by atoms with Crippen LogP contribution in [0.2, 0.25) is 0 Å². The van der Waals surface area contributed by atoms with Gasteiger partial charge in [-0.3, -0.25) is 4.98 Å². The predicted molar refractivity (Wildman–Crippen MR) is 50.6 cm³/mol. The molecule has 1 rings (SSSR count). The highest BCUT2D eigenvalue weighted by Gasteiger charge is 2.33. The van der Waals surface area contributed by atoms with E-state index in [1.54, 1.807) is 0 Å². The van der Waals surface area contributed by atoms with E-state index in [9.17, 15) is 18.0 Å². The molecule has 0 amide bonds. The van der Waals surface area contributed by atoms with Crippen LogP contribution in [0.5, 0.6) is 0 Å². The van der Waals surface area contributed by atoms with E-state index in [1.165, 1.54) is 13.0 Å². The SMILES string of the molecule is Cc1cc(/C=C/C(=O)O)c(C(F)(F)F)cn1. The van der Waals surface area contributed by atoms with Crippen molar-refractivity contribution in [3.8, 4) is 0 Å². The zero-order valence-corrected chi connectivity index (χ0v) is 8.25. The van der Waals surface area contributed by atoms with E-state index in [4.69, 9.17) is 5.11 Å². The molecule has 16 heavy (non-hydrogen) atoms. The van der Waals surface area contributed by atoms with Gasteiger partial charge in [0.1, 0.15) is 0 Å². The van der Waals surface area contributed by atoms with Gasteiger partial charge >= 0.3 is 12.1 Å². The number of rotatable bonds is 2. The number of carboxylic acid groups (broad SMARTS) is 1. The lowest BCUT2D eigenvalue weighted by molar-refractivity contribution is -0.138. The van der Waals surface area contributed by atoms with Gasteiger partial charge in [0.25, 0.3) is 0 Å². The number of halogens is 3.